The maximum Gasteiger partial charge on any atom is 0.341 e. The van der Waals surface area contributed by atoms with Gasteiger partial charge in [-0.1, -0.05) is 0 Å². The summed E-state index contributed by atoms with van der Waals surface area (Å²) < 4.78 is 13.7. The average molecular weight is 605 g/mol. The van der Waals surface area contributed by atoms with E-state index >= 15 is 0 Å². The third-order valence-electron chi connectivity index (χ3n) is 6.09. The lowest BCUT2D eigenvalue weighted by Gasteiger charge is -2.13. The molecule has 2 heterocycles. The van der Waals surface area contributed by atoms with Crippen molar-refractivity contribution in [3.8, 4) is 10.8 Å². The molecule has 2 aromatic heterocycles. The fourth-order valence-corrected chi connectivity index (χ4v) is 6.42. The van der Waals surface area contributed by atoms with Crippen LogP contribution in [0.4, 0.5) is 0 Å². The molecule has 0 saturated carbocycles. The molecule has 3 aromatic rings. The Balaban J connectivity index is 1.62. The predicted octanol–water partition coefficient (Wildman–Crippen LogP) is 5.59. The smallest absolute Gasteiger partial charge is 0.341 e. The molecule has 0 bridgehead atoms. The second-order valence-electron chi connectivity index (χ2n) is 8.32. The van der Waals surface area contributed by atoms with Gasteiger partial charge in [-0.25, -0.2) is 10.2 Å². The first-order valence-electron chi connectivity index (χ1n) is 11.5. The van der Waals surface area contributed by atoms with Crippen LogP contribution in [0.1, 0.15) is 67.9 Å². The van der Waals surface area contributed by atoms with Crippen LogP contribution in [0.2, 0.25) is 0 Å². The summed E-state index contributed by atoms with van der Waals surface area (Å²) >= 11 is 3.83. The van der Waals surface area contributed by atoms with Gasteiger partial charge in [0, 0.05) is 27.4 Å². The number of fused-ring (bicyclic) bond motifs is 1. The van der Waals surface area contributed by atoms with Crippen molar-refractivity contribution in [2.24, 2.45) is 5.10 Å². The number of hydrogen-bond acceptors (Lipinski definition) is 6. The van der Waals surface area contributed by atoms with E-state index in [9.17, 15) is 9.59 Å². The lowest BCUT2D eigenvalue weighted by Crippen LogP contribution is -2.17. The highest BCUT2D eigenvalue weighted by Gasteiger charge is 2.28. The molecular formula is C26H28IN3O4S. The SMILES string of the molecule is CCOC(=O)c1c(-n2c(C)cc(/C=N/NC(=O)c3ccc(I)c(OC)c3)c2C)sc2c1CCCC2. The van der Waals surface area contributed by atoms with Crippen LogP contribution in [0.15, 0.2) is 29.4 Å². The van der Waals surface area contributed by atoms with Gasteiger partial charge in [-0.15, -0.1) is 11.3 Å². The number of carbonyl (C=O) groups is 2. The quantitative estimate of drug-likeness (QED) is 0.165. The number of benzene rings is 1. The second-order valence-corrected chi connectivity index (χ2v) is 10.6. The number of ether oxygens (including phenoxy) is 2. The molecule has 9 heteroatoms. The molecular weight excluding hydrogens is 577 g/mol. The number of nitrogens with one attached hydrogen (secondary N) is 1. The number of methoxy groups -OCH3 is 1. The Hall–Kier alpha value is -2.66. The number of esters is 1. The van der Waals surface area contributed by atoms with Gasteiger partial charge in [0.15, 0.2) is 0 Å². The van der Waals surface area contributed by atoms with Gasteiger partial charge in [-0.2, -0.15) is 5.10 Å². The van der Waals surface area contributed by atoms with Crippen LogP contribution in [-0.2, 0) is 17.6 Å². The molecule has 0 saturated heterocycles. The normalized spacial score (nSPS) is 13.1. The van der Waals surface area contributed by atoms with Gasteiger partial charge in [-0.3, -0.25) is 4.79 Å². The Morgan fingerprint density at radius 3 is 2.74 bits per heavy atom. The number of thiophene rings is 1. The largest absolute Gasteiger partial charge is 0.496 e. The number of nitrogens with zero attached hydrogens (tertiary/aromatic N) is 2. The Labute approximate surface area is 222 Å². The lowest BCUT2D eigenvalue weighted by molar-refractivity contribution is 0.0525. The predicted molar refractivity (Wildman–Crippen MR) is 146 cm³/mol. The van der Waals surface area contributed by atoms with Crippen molar-refractivity contribution in [2.75, 3.05) is 13.7 Å². The molecule has 0 aliphatic heterocycles. The zero-order chi connectivity index (χ0) is 25.1. The van der Waals surface area contributed by atoms with Crippen molar-refractivity contribution in [2.45, 2.75) is 46.5 Å². The van der Waals surface area contributed by atoms with Crippen LogP contribution in [0.5, 0.6) is 5.75 Å². The number of amides is 1. The summed E-state index contributed by atoms with van der Waals surface area (Å²) in [5.74, 6) is 0.0620. The van der Waals surface area contributed by atoms with Gasteiger partial charge in [0.1, 0.15) is 10.8 Å². The van der Waals surface area contributed by atoms with Gasteiger partial charge >= 0.3 is 5.97 Å². The molecule has 1 aliphatic carbocycles. The number of aromatic nitrogens is 1. The van der Waals surface area contributed by atoms with E-state index < -0.39 is 0 Å². The van der Waals surface area contributed by atoms with E-state index in [0.29, 0.717) is 23.5 Å². The summed E-state index contributed by atoms with van der Waals surface area (Å²) in [5.41, 5.74) is 7.68. The van der Waals surface area contributed by atoms with Crippen molar-refractivity contribution >= 4 is 52.0 Å². The van der Waals surface area contributed by atoms with Gasteiger partial charge in [0.25, 0.3) is 5.91 Å². The molecule has 0 atom stereocenters. The first kappa shape index (κ1) is 25.4. The molecule has 184 valence electrons. The summed E-state index contributed by atoms with van der Waals surface area (Å²) in [7, 11) is 1.57. The highest BCUT2D eigenvalue weighted by atomic mass is 127. The van der Waals surface area contributed by atoms with Crippen LogP contribution in [0, 0.1) is 17.4 Å². The third kappa shape index (κ3) is 5.16. The molecule has 1 N–H and O–H groups in total. The highest BCUT2D eigenvalue weighted by molar-refractivity contribution is 14.1. The van der Waals surface area contributed by atoms with Gasteiger partial charge < -0.3 is 14.0 Å². The van der Waals surface area contributed by atoms with Crippen molar-refractivity contribution in [1.82, 2.24) is 9.99 Å². The van der Waals surface area contributed by atoms with Crippen molar-refractivity contribution in [3.05, 3.63) is 66.4 Å². The van der Waals surface area contributed by atoms with E-state index in [2.05, 4.69) is 37.7 Å². The topological polar surface area (TPSA) is 81.9 Å². The average Bonchev–Trinajstić information content (AvgIpc) is 3.35. The molecule has 1 amide bonds. The summed E-state index contributed by atoms with van der Waals surface area (Å²) in [6, 6.07) is 7.25. The number of halogens is 1. The molecule has 4 rings (SSSR count). The Kier molecular flexibility index (Phi) is 7.95. The standard InChI is InChI=1S/C26H28IN3O4S/c1-5-34-26(32)23-19-8-6-7-9-22(19)35-25(23)30-15(2)12-18(16(30)3)14-28-29-24(31)17-10-11-20(27)21(13-17)33-4/h10-14H,5-9H2,1-4H3,(H,29,31)/b28-14+. The van der Waals surface area contributed by atoms with E-state index in [1.54, 1.807) is 36.8 Å². The van der Waals surface area contributed by atoms with Gasteiger partial charge in [-0.05, 0) is 98.9 Å². The Morgan fingerprint density at radius 2 is 2.00 bits per heavy atom. The van der Waals surface area contributed by atoms with E-state index in [1.807, 2.05) is 32.9 Å². The van der Waals surface area contributed by atoms with Crippen LogP contribution < -0.4 is 10.2 Å². The molecule has 35 heavy (non-hydrogen) atoms. The van der Waals surface area contributed by atoms with Crippen molar-refractivity contribution < 1.29 is 19.1 Å². The van der Waals surface area contributed by atoms with Crippen molar-refractivity contribution in [1.29, 1.82) is 0 Å². The van der Waals surface area contributed by atoms with Crippen LogP contribution in [0.25, 0.3) is 5.00 Å². The maximum absolute atomic E-state index is 12.9. The molecule has 1 aromatic carbocycles. The maximum atomic E-state index is 12.9. The monoisotopic (exact) mass is 605 g/mol. The third-order valence-corrected chi connectivity index (χ3v) is 8.26. The number of hydrogen-bond donors (Lipinski definition) is 1. The van der Waals surface area contributed by atoms with E-state index in [0.717, 1.165) is 56.8 Å². The minimum Gasteiger partial charge on any atom is -0.496 e. The minimum absolute atomic E-state index is 0.259. The van der Waals surface area contributed by atoms with Crippen molar-refractivity contribution in [3.63, 3.8) is 0 Å². The van der Waals surface area contributed by atoms with E-state index in [4.69, 9.17) is 9.47 Å². The fraction of sp³-hybridized carbons (Fsp3) is 0.346. The van der Waals surface area contributed by atoms with Crippen LogP contribution in [0.3, 0.4) is 0 Å². The number of rotatable bonds is 7. The first-order chi connectivity index (χ1) is 16.8. The molecule has 0 fully saturated rings. The molecule has 7 nitrogen and oxygen atoms in total. The summed E-state index contributed by atoms with van der Waals surface area (Å²) in [5, 5.41) is 5.09. The summed E-state index contributed by atoms with van der Waals surface area (Å²) in [6.07, 6.45) is 5.77. The lowest BCUT2D eigenvalue weighted by atomic mass is 9.95. The summed E-state index contributed by atoms with van der Waals surface area (Å²) in [6.45, 7) is 6.18. The number of aryl methyl sites for hydroxylation is 2. The Bertz CT molecular complexity index is 1310. The highest BCUT2D eigenvalue weighted by Crippen LogP contribution is 2.39. The Morgan fingerprint density at radius 1 is 1.23 bits per heavy atom. The fourth-order valence-electron chi connectivity index (χ4n) is 4.38. The minimum atomic E-state index is -0.319. The summed E-state index contributed by atoms with van der Waals surface area (Å²) in [4.78, 5) is 26.8. The molecule has 0 unspecified atom stereocenters. The first-order valence-corrected chi connectivity index (χ1v) is 13.4. The zero-order valence-electron chi connectivity index (χ0n) is 20.2. The van der Waals surface area contributed by atoms with E-state index in [1.165, 1.54) is 4.88 Å². The second kappa shape index (κ2) is 10.9. The molecule has 1 aliphatic rings. The van der Waals surface area contributed by atoms with Crippen LogP contribution in [-0.4, -0.2) is 36.4 Å². The van der Waals surface area contributed by atoms with Gasteiger partial charge in [0.2, 0.25) is 0 Å². The molecule has 0 spiro atoms. The molecule has 0 radical (unpaired) electrons. The zero-order valence-corrected chi connectivity index (χ0v) is 23.2. The number of carbonyl (C=O) groups excluding carboxylic acids is 2. The van der Waals surface area contributed by atoms with Crippen LogP contribution >= 0.6 is 33.9 Å². The van der Waals surface area contributed by atoms with Gasteiger partial charge in [0.05, 0.1) is 29.1 Å². The number of hydrazone groups is 1. The van der Waals surface area contributed by atoms with E-state index in [-0.39, 0.29) is 11.9 Å².